The fourth-order valence-corrected chi connectivity index (χ4v) is 2.56. The van der Waals surface area contributed by atoms with E-state index in [1.165, 1.54) is 18.2 Å². The molecule has 12 heteroatoms. The summed E-state index contributed by atoms with van der Waals surface area (Å²) in [4.78, 5) is 0. The maximum atomic E-state index is 13.3. The molecule has 0 spiro atoms. The van der Waals surface area contributed by atoms with Crippen molar-refractivity contribution in [3.63, 3.8) is 0 Å². The molecule has 0 bridgehead atoms. The molecular formula is C12H15BrFN7O2S. The third kappa shape index (κ3) is 4.89. The van der Waals surface area contributed by atoms with Crippen LogP contribution >= 0.6 is 15.9 Å². The summed E-state index contributed by atoms with van der Waals surface area (Å²) in [6.45, 7) is 0.320. The first-order valence-corrected chi connectivity index (χ1v) is 9.56. The van der Waals surface area contributed by atoms with Gasteiger partial charge in [0.15, 0.2) is 5.69 Å². The Morgan fingerprint density at radius 2 is 2.21 bits per heavy atom. The number of hydrogen-bond donors (Lipinski definition) is 5. The molecule has 130 valence electrons. The third-order valence-electron chi connectivity index (χ3n) is 2.80. The van der Waals surface area contributed by atoms with E-state index in [0.717, 1.165) is 0 Å². The molecule has 0 fully saturated rings. The minimum atomic E-state index is -2.15. The van der Waals surface area contributed by atoms with E-state index < -0.39 is 15.4 Å². The minimum absolute atomic E-state index is 0.0517. The summed E-state index contributed by atoms with van der Waals surface area (Å²) in [7, 11) is -2.15. The number of aromatic nitrogens is 2. The quantitative estimate of drug-likeness (QED) is 0.210. The molecule has 0 aliphatic heterocycles. The minimum Gasteiger partial charge on any atom is -0.409 e. The average Bonchev–Trinajstić information content (AvgIpc) is 2.95. The summed E-state index contributed by atoms with van der Waals surface area (Å²) in [5.74, 6) is 0.0533. The van der Waals surface area contributed by atoms with Gasteiger partial charge in [-0.1, -0.05) is 14.8 Å². The number of benzene rings is 1. The van der Waals surface area contributed by atoms with Gasteiger partial charge in [-0.2, -0.15) is 0 Å². The number of nitrogens with one attached hydrogen (secondary N) is 4. The average molecular weight is 420 g/mol. The van der Waals surface area contributed by atoms with Crippen LogP contribution in [0.25, 0.3) is 0 Å². The molecule has 24 heavy (non-hydrogen) atoms. The van der Waals surface area contributed by atoms with Crippen molar-refractivity contribution in [3.05, 3.63) is 34.2 Å². The van der Waals surface area contributed by atoms with Gasteiger partial charge in [-0.05, 0) is 44.4 Å². The highest BCUT2D eigenvalue weighted by molar-refractivity contribution is 9.10. The Labute approximate surface area is 145 Å². The maximum absolute atomic E-state index is 13.3. The van der Waals surface area contributed by atoms with Gasteiger partial charge in [-0.15, -0.1) is 0 Å². The van der Waals surface area contributed by atoms with E-state index in [9.17, 15) is 9.60 Å². The highest BCUT2D eigenvalue weighted by Gasteiger charge is 2.18. The summed E-state index contributed by atoms with van der Waals surface area (Å²) in [6, 6.07) is 4.17. The van der Waals surface area contributed by atoms with Crippen LogP contribution in [0.1, 0.15) is 5.69 Å². The lowest BCUT2D eigenvalue weighted by atomic mass is 10.3. The lowest BCUT2D eigenvalue weighted by Gasteiger charge is -2.09. The first-order chi connectivity index (χ1) is 11.3. The Morgan fingerprint density at radius 3 is 2.83 bits per heavy atom. The predicted octanol–water partition coefficient (Wildman–Crippen LogP) is 2.94. The Morgan fingerprint density at radius 1 is 1.46 bits per heavy atom. The van der Waals surface area contributed by atoms with E-state index in [2.05, 4.69) is 46.7 Å². The summed E-state index contributed by atoms with van der Waals surface area (Å²) in [5.41, 5.74) is 0.573. The van der Waals surface area contributed by atoms with Crippen LogP contribution in [-0.4, -0.2) is 39.9 Å². The summed E-state index contributed by atoms with van der Waals surface area (Å²) in [5, 5.41) is 25.3. The van der Waals surface area contributed by atoms with Crippen LogP contribution in [0, 0.1) is 15.4 Å². The van der Waals surface area contributed by atoms with Crippen molar-refractivity contribution in [1.29, 1.82) is 9.56 Å². The number of hydrogen-bond acceptors (Lipinski definition) is 8. The van der Waals surface area contributed by atoms with Crippen molar-refractivity contribution < 1.29 is 14.2 Å². The molecule has 0 amide bonds. The number of halogens is 2. The predicted molar refractivity (Wildman–Crippen MR) is 92.4 cm³/mol. The molecule has 1 heterocycles. The van der Waals surface area contributed by atoms with E-state index in [-0.39, 0.29) is 21.8 Å². The smallest absolute Gasteiger partial charge is 0.203 e. The van der Waals surface area contributed by atoms with Crippen molar-refractivity contribution in [2.24, 2.45) is 5.16 Å². The number of anilines is 2. The Kier molecular flexibility index (Phi) is 5.72. The van der Waals surface area contributed by atoms with Crippen LogP contribution in [0.3, 0.4) is 0 Å². The number of nitrogens with zero attached hydrogens (tertiary/aromatic N) is 3. The molecule has 0 saturated heterocycles. The normalized spacial score (nSPS) is 12.2. The molecule has 0 saturated carbocycles. The van der Waals surface area contributed by atoms with Gasteiger partial charge in [0.05, 0.1) is 4.47 Å². The molecule has 0 atom stereocenters. The van der Waals surface area contributed by atoms with Gasteiger partial charge in [-0.25, -0.2) is 9.02 Å². The Bertz CT molecular complexity index is 853. The van der Waals surface area contributed by atoms with Crippen LogP contribution in [0.4, 0.5) is 15.9 Å². The fourth-order valence-electron chi connectivity index (χ4n) is 1.68. The zero-order chi connectivity index (χ0) is 17.7. The number of rotatable bonds is 6. The van der Waals surface area contributed by atoms with Crippen LogP contribution < -0.4 is 10.6 Å². The molecule has 0 aliphatic rings. The molecule has 2 aromatic rings. The Balaban J connectivity index is 2.14. The van der Waals surface area contributed by atoms with Gasteiger partial charge in [-0.3, -0.25) is 9.56 Å². The van der Waals surface area contributed by atoms with E-state index in [0.29, 0.717) is 18.0 Å². The number of oxime groups is 1. The van der Waals surface area contributed by atoms with E-state index >= 15 is 0 Å². The van der Waals surface area contributed by atoms with Gasteiger partial charge >= 0.3 is 0 Å². The summed E-state index contributed by atoms with van der Waals surface area (Å²) >= 11 is 3.06. The first-order valence-electron chi connectivity index (χ1n) is 6.56. The zero-order valence-corrected chi connectivity index (χ0v) is 14.9. The molecule has 2 rings (SSSR count). The molecule has 9 nitrogen and oxygen atoms in total. The van der Waals surface area contributed by atoms with Gasteiger partial charge in [0.2, 0.25) is 11.7 Å². The highest BCUT2D eigenvalue weighted by Crippen LogP contribution is 2.21. The van der Waals surface area contributed by atoms with E-state index in [1.54, 1.807) is 6.26 Å². The first kappa shape index (κ1) is 18.1. The van der Waals surface area contributed by atoms with Crippen molar-refractivity contribution in [3.8, 4) is 0 Å². The second-order valence-corrected chi connectivity index (χ2v) is 8.32. The topological polar surface area (TPSA) is 143 Å². The monoisotopic (exact) mass is 419 g/mol. The molecule has 1 aromatic heterocycles. The van der Waals surface area contributed by atoms with Crippen LogP contribution in [-0.2, 0) is 9.62 Å². The Hall–Kier alpha value is -2.21. The molecule has 0 aliphatic carbocycles. The lowest BCUT2D eigenvalue weighted by Crippen LogP contribution is -2.18. The summed E-state index contributed by atoms with van der Waals surface area (Å²) in [6.07, 6.45) is 1.55. The zero-order valence-electron chi connectivity index (χ0n) is 12.5. The third-order valence-corrected chi connectivity index (χ3v) is 4.43. The van der Waals surface area contributed by atoms with Crippen LogP contribution in [0.2, 0.25) is 0 Å². The maximum Gasteiger partial charge on any atom is 0.203 e. The second-order valence-electron chi connectivity index (χ2n) is 4.88. The highest BCUT2D eigenvalue weighted by atomic mass is 79.9. The standard InChI is InChI=1S/C12H15BrFN7O2S/c1-24(15,16)5-4-17-11-10(20-23-21-11)12(19-22)18-7-2-3-9(14)8(13)6-7/h2-3,6,15-16,22H,4-5H2,1H3,(H,17,21)(H,18,19). The van der Waals surface area contributed by atoms with Gasteiger partial charge in [0.25, 0.3) is 0 Å². The molecular weight excluding hydrogens is 405 g/mol. The fraction of sp³-hybridized carbons (Fsp3) is 0.250. The van der Waals surface area contributed by atoms with Gasteiger partial charge < -0.3 is 15.8 Å². The number of amidine groups is 1. The van der Waals surface area contributed by atoms with Gasteiger partial charge in [0.1, 0.15) is 5.82 Å². The van der Waals surface area contributed by atoms with Gasteiger partial charge in [0, 0.05) is 24.2 Å². The van der Waals surface area contributed by atoms with Crippen molar-refractivity contribution in [1.82, 2.24) is 10.3 Å². The summed E-state index contributed by atoms with van der Waals surface area (Å²) < 4.78 is 33.3. The van der Waals surface area contributed by atoms with Crippen LogP contribution in [0.5, 0.6) is 0 Å². The SMILES string of the molecule is CS(=N)(=N)CCNc1nonc1/C(=N/O)Nc1ccc(F)c(Br)c1. The van der Waals surface area contributed by atoms with Crippen molar-refractivity contribution in [2.75, 3.05) is 29.2 Å². The molecule has 5 N–H and O–H groups in total. The second kappa shape index (κ2) is 7.57. The molecule has 0 radical (unpaired) electrons. The van der Waals surface area contributed by atoms with E-state index in [1.807, 2.05) is 0 Å². The lowest BCUT2D eigenvalue weighted by molar-refractivity contribution is 0.305. The molecule has 0 unspecified atom stereocenters. The van der Waals surface area contributed by atoms with Crippen LogP contribution in [0.15, 0.2) is 32.5 Å². The largest absolute Gasteiger partial charge is 0.409 e. The van der Waals surface area contributed by atoms with E-state index in [4.69, 9.17) is 9.56 Å². The van der Waals surface area contributed by atoms with Crippen molar-refractivity contribution in [2.45, 2.75) is 0 Å². The van der Waals surface area contributed by atoms with Crippen molar-refractivity contribution >= 4 is 42.9 Å². The molecule has 1 aromatic carbocycles.